The van der Waals surface area contributed by atoms with Crippen molar-refractivity contribution < 1.29 is 14.3 Å². The van der Waals surface area contributed by atoms with Crippen LogP contribution in [0.1, 0.15) is 94.9 Å². The maximum Gasteiger partial charge on any atom is 0.339 e. The monoisotopic (exact) mass is 582 g/mol. The Balaban J connectivity index is 1.55. The van der Waals surface area contributed by atoms with Crippen LogP contribution in [0.4, 0.5) is 10.5 Å². The normalized spacial score (nSPS) is 11.5. The standard InChI is InChI=1S/C36H46N4O3/c1-6-8-10-13-23-37-35(42)38-28-21-22-31-32(24-28)40(33(39-31)16-9-7-2)25-26-17-19-27(20-18-26)29-14-11-12-15-30(29)34(41)43-36(3,4)5/h11-12,14-15,17-22,24H,6-10,13,16,23,25H2,1-5H3,(H2,37,38,42). The highest BCUT2D eigenvalue weighted by Crippen LogP contribution is 2.28. The molecule has 1 heterocycles. The highest BCUT2D eigenvalue weighted by molar-refractivity contribution is 5.97. The van der Waals surface area contributed by atoms with Crippen molar-refractivity contribution in [3.63, 3.8) is 0 Å². The van der Waals surface area contributed by atoms with Gasteiger partial charge in [-0.05, 0) is 74.6 Å². The smallest absolute Gasteiger partial charge is 0.339 e. The molecule has 0 saturated heterocycles. The van der Waals surface area contributed by atoms with E-state index in [1.807, 2.05) is 63.2 Å². The second kappa shape index (κ2) is 14.9. The van der Waals surface area contributed by atoms with E-state index in [0.717, 1.165) is 71.3 Å². The quantitative estimate of drug-likeness (QED) is 0.122. The number of ether oxygens (including phenoxy) is 1. The number of carbonyl (C=O) groups excluding carboxylic acids is 2. The van der Waals surface area contributed by atoms with Crippen LogP contribution in [0.5, 0.6) is 0 Å². The fourth-order valence-electron chi connectivity index (χ4n) is 5.10. The number of aromatic nitrogens is 2. The van der Waals surface area contributed by atoms with E-state index in [1.54, 1.807) is 0 Å². The summed E-state index contributed by atoms with van der Waals surface area (Å²) >= 11 is 0. The van der Waals surface area contributed by atoms with Crippen LogP contribution in [0.25, 0.3) is 22.2 Å². The molecule has 2 N–H and O–H groups in total. The topological polar surface area (TPSA) is 85.3 Å². The zero-order valence-electron chi connectivity index (χ0n) is 26.3. The number of aryl methyl sites for hydroxylation is 1. The van der Waals surface area contributed by atoms with Gasteiger partial charge in [0, 0.05) is 25.2 Å². The second-order valence-electron chi connectivity index (χ2n) is 12.1. The molecule has 4 rings (SSSR count). The third-order valence-electron chi connectivity index (χ3n) is 7.31. The number of amides is 2. The van der Waals surface area contributed by atoms with E-state index in [2.05, 4.69) is 53.3 Å². The molecule has 0 saturated carbocycles. The zero-order valence-corrected chi connectivity index (χ0v) is 26.3. The van der Waals surface area contributed by atoms with Crippen molar-refractivity contribution in [3.8, 4) is 11.1 Å². The van der Waals surface area contributed by atoms with E-state index in [1.165, 1.54) is 12.8 Å². The largest absolute Gasteiger partial charge is 0.456 e. The van der Waals surface area contributed by atoms with Crippen molar-refractivity contribution in [3.05, 3.63) is 83.7 Å². The minimum atomic E-state index is -0.565. The molecule has 1 aromatic heterocycles. The van der Waals surface area contributed by atoms with Crippen molar-refractivity contribution >= 4 is 28.7 Å². The first-order chi connectivity index (χ1) is 20.7. The Morgan fingerprint density at radius 3 is 2.35 bits per heavy atom. The van der Waals surface area contributed by atoms with Gasteiger partial charge < -0.3 is 19.9 Å². The Morgan fingerprint density at radius 2 is 1.63 bits per heavy atom. The molecular formula is C36H46N4O3. The molecular weight excluding hydrogens is 536 g/mol. The van der Waals surface area contributed by atoms with Crippen LogP contribution >= 0.6 is 0 Å². The predicted octanol–water partition coefficient (Wildman–Crippen LogP) is 8.75. The van der Waals surface area contributed by atoms with Gasteiger partial charge in [0.2, 0.25) is 0 Å². The number of benzene rings is 3. The van der Waals surface area contributed by atoms with E-state index in [0.29, 0.717) is 18.7 Å². The Morgan fingerprint density at radius 1 is 0.884 bits per heavy atom. The summed E-state index contributed by atoms with van der Waals surface area (Å²) in [6.07, 6.45) is 7.49. The summed E-state index contributed by atoms with van der Waals surface area (Å²) in [5.74, 6) is 0.709. The van der Waals surface area contributed by atoms with Crippen molar-refractivity contribution in [2.75, 3.05) is 11.9 Å². The van der Waals surface area contributed by atoms with Gasteiger partial charge in [0.25, 0.3) is 0 Å². The molecule has 7 nitrogen and oxygen atoms in total. The van der Waals surface area contributed by atoms with E-state index in [4.69, 9.17) is 9.72 Å². The first-order valence-electron chi connectivity index (χ1n) is 15.6. The molecule has 0 atom stereocenters. The number of fused-ring (bicyclic) bond motifs is 1. The number of carbonyl (C=O) groups is 2. The third-order valence-corrected chi connectivity index (χ3v) is 7.31. The fraction of sp³-hybridized carbons (Fsp3) is 0.417. The molecule has 228 valence electrons. The molecule has 3 aromatic carbocycles. The Hall–Kier alpha value is -4.13. The summed E-state index contributed by atoms with van der Waals surface area (Å²) < 4.78 is 7.91. The van der Waals surface area contributed by atoms with E-state index in [9.17, 15) is 9.59 Å². The summed E-state index contributed by atoms with van der Waals surface area (Å²) in [6.45, 7) is 11.3. The van der Waals surface area contributed by atoms with Gasteiger partial charge in [0.05, 0.1) is 16.6 Å². The molecule has 0 unspecified atom stereocenters. The maximum absolute atomic E-state index is 12.9. The average molecular weight is 583 g/mol. The van der Waals surface area contributed by atoms with Crippen molar-refractivity contribution in [2.45, 2.75) is 91.7 Å². The number of nitrogens with one attached hydrogen (secondary N) is 2. The number of hydrogen-bond acceptors (Lipinski definition) is 4. The molecule has 4 aromatic rings. The molecule has 0 aliphatic carbocycles. The van der Waals surface area contributed by atoms with Crippen LogP contribution in [0.15, 0.2) is 66.7 Å². The van der Waals surface area contributed by atoms with Crippen LogP contribution in [0.3, 0.4) is 0 Å². The molecule has 2 amide bonds. The van der Waals surface area contributed by atoms with Gasteiger partial charge in [-0.1, -0.05) is 82.0 Å². The van der Waals surface area contributed by atoms with E-state index < -0.39 is 5.60 Å². The van der Waals surface area contributed by atoms with Gasteiger partial charge in [0.15, 0.2) is 0 Å². The lowest BCUT2D eigenvalue weighted by Gasteiger charge is -2.20. The van der Waals surface area contributed by atoms with Crippen LogP contribution in [0.2, 0.25) is 0 Å². The molecule has 0 aliphatic rings. The number of imidazole rings is 1. The average Bonchev–Trinajstić information content (AvgIpc) is 3.31. The van der Waals surface area contributed by atoms with Gasteiger partial charge in [-0.15, -0.1) is 0 Å². The Labute approximate surface area is 256 Å². The van der Waals surface area contributed by atoms with Gasteiger partial charge >= 0.3 is 12.0 Å². The number of unbranched alkanes of at least 4 members (excludes halogenated alkanes) is 4. The third kappa shape index (κ3) is 8.93. The SMILES string of the molecule is CCCCCCNC(=O)Nc1ccc2nc(CCCC)n(Cc3ccc(-c4ccccc4C(=O)OC(C)(C)C)cc3)c2c1. The molecule has 0 fully saturated rings. The van der Waals surface area contributed by atoms with Gasteiger partial charge in [0.1, 0.15) is 11.4 Å². The number of esters is 1. The first kappa shape index (κ1) is 31.8. The first-order valence-corrected chi connectivity index (χ1v) is 15.6. The number of anilines is 1. The summed E-state index contributed by atoms with van der Waals surface area (Å²) in [7, 11) is 0. The summed E-state index contributed by atoms with van der Waals surface area (Å²) in [5, 5.41) is 5.96. The zero-order chi connectivity index (χ0) is 30.8. The molecule has 0 radical (unpaired) electrons. The maximum atomic E-state index is 12.9. The lowest BCUT2D eigenvalue weighted by Crippen LogP contribution is -2.29. The molecule has 0 bridgehead atoms. The highest BCUT2D eigenvalue weighted by Gasteiger charge is 2.21. The van der Waals surface area contributed by atoms with Crippen LogP contribution in [-0.4, -0.2) is 33.7 Å². The molecule has 7 heteroatoms. The Kier molecular flexibility index (Phi) is 11.0. The minimum Gasteiger partial charge on any atom is -0.456 e. The summed E-state index contributed by atoms with van der Waals surface area (Å²) in [6, 6.07) is 21.6. The van der Waals surface area contributed by atoms with Gasteiger partial charge in [-0.2, -0.15) is 0 Å². The van der Waals surface area contributed by atoms with Crippen LogP contribution in [0, 0.1) is 0 Å². The Bertz CT molecular complexity index is 1520. The van der Waals surface area contributed by atoms with Crippen molar-refractivity contribution in [1.82, 2.24) is 14.9 Å². The summed E-state index contributed by atoms with van der Waals surface area (Å²) in [4.78, 5) is 30.4. The lowest BCUT2D eigenvalue weighted by molar-refractivity contribution is 0.00704. The van der Waals surface area contributed by atoms with Gasteiger partial charge in [-0.3, -0.25) is 0 Å². The second-order valence-corrected chi connectivity index (χ2v) is 12.1. The number of urea groups is 1. The minimum absolute atomic E-state index is 0.185. The predicted molar refractivity (Wildman–Crippen MR) is 176 cm³/mol. The van der Waals surface area contributed by atoms with Crippen molar-refractivity contribution in [2.24, 2.45) is 0 Å². The van der Waals surface area contributed by atoms with Crippen LogP contribution in [-0.2, 0) is 17.7 Å². The molecule has 43 heavy (non-hydrogen) atoms. The number of nitrogens with zero attached hydrogens (tertiary/aromatic N) is 2. The van der Waals surface area contributed by atoms with Crippen LogP contribution < -0.4 is 10.6 Å². The number of rotatable bonds is 13. The van der Waals surface area contributed by atoms with E-state index in [-0.39, 0.29) is 12.0 Å². The lowest BCUT2D eigenvalue weighted by atomic mass is 9.98. The fourth-order valence-corrected chi connectivity index (χ4v) is 5.10. The molecule has 0 aliphatic heterocycles. The molecule has 0 spiro atoms. The highest BCUT2D eigenvalue weighted by atomic mass is 16.6. The summed E-state index contributed by atoms with van der Waals surface area (Å²) in [5.41, 5.74) is 5.57. The van der Waals surface area contributed by atoms with Crippen molar-refractivity contribution in [1.29, 1.82) is 0 Å². The van der Waals surface area contributed by atoms with E-state index >= 15 is 0 Å². The van der Waals surface area contributed by atoms with Gasteiger partial charge in [-0.25, -0.2) is 14.6 Å². The number of hydrogen-bond donors (Lipinski definition) is 2.